The minimum atomic E-state index is -0.999. The van der Waals surface area contributed by atoms with E-state index in [-0.39, 0.29) is 29.6 Å². The Hall–Kier alpha value is -4.34. The number of amides is 3. The van der Waals surface area contributed by atoms with Crippen molar-refractivity contribution in [2.45, 2.75) is 49.3 Å². The van der Waals surface area contributed by atoms with E-state index < -0.39 is 28.7 Å². The molecule has 0 bridgehead atoms. The fraction of sp³-hybridized carbons (Fsp3) is 0.359. The molecule has 1 unspecified atom stereocenters. The van der Waals surface area contributed by atoms with Crippen LogP contribution in [0, 0.1) is 25.7 Å². The Bertz CT molecular complexity index is 1760. The number of hydrogen-bond donors (Lipinski definition) is 1. The molecule has 0 aromatic heterocycles. The molecule has 1 N–H and O–H groups in total. The largest absolute Gasteiger partial charge is 0.494 e. The third-order valence-corrected chi connectivity index (χ3v) is 11.9. The van der Waals surface area contributed by atoms with Crippen molar-refractivity contribution in [2.24, 2.45) is 11.8 Å². The SMILES string of the molecule is CCOc1ccc(N2CC=C[C@H]3S[C@]45C=CCN(c6c(C)cccc6C)C(=O)C4N([C@@H](CO)Cc4ccccc4)C(=O)[C@@H]5[C@H]3C2=O)cc1. The van der Waals surface area contributed by atoms with E-state index >= 15 is 9.59 Å². The highest BCUT2D eigenvalue weighted by molar-refractivity contribution is 8.02. The zero-order valence-corrected chi connectivity index (χ0v) is 28.3. The fourth-order valence-corrected chi connectivity index (χ4v) is 10.2. The molecule has 0 radical (unpaired) electrons. The normalized spacial score (nSPS) is 27.0. The van der Waals surface area contributed by atoms with Crippen molar-refractivity contribution in [1.29, 1.82) is 0 Å². The van der Waals surface area contributed by atoms with Gasteiger partial charge in [0.1, 0.15) is 11.8 Å². The summed E-state index contributed by atoms with van der Waals surface area (Å²) in [6, 6.07) is 21.6. The van der Waals surface area contributed by atoms with E-state index in [0.717, 1.165) is 33.8 Å². The first-order chi connectivity index (χ1) is 23.3. The second-order valence-corrected chi connectivity index (χ2v) is 14.5. The molecule has 8 nitrogen and oxygen atoms in total. The average molecular weight is 664 g/mol. The monoisotopic (exact) mass is 663 g/mol. The Labute approximate surface area is 286 Å². The van der Waals surface area contributed by atoms with Crippen molar-refractivity contribution in [3.63, 3.8) is 0 Å². The van der Waals surface area contributed by atoms with E-state index in [9.17, 15) is 9.90 Å². The van der Waals surface area contributed by atoms with Gasteiger partial charge in [0.25, 0.3) is 5.91 Å². The zero-order chi connectivity index (χ0) is 33.6. The summed E-state index contributed by atoms with van der Waals surface area (Å²) in [7, 11) is 0. The Morgan fingerprint density at radius 1 is 0.875 bits per heavy atom. The molecule has 1 spiro atoms. The number of thioether (sulfide) groups is 1. The lowest BCUT2D eigenvalue weighted by Crippen LogP contribution is -2.57. The molecule has 3 aromatic carbocycles. The highest BCUT2D eigenvalue weighted by Gasteiger charge is 2.72. The van der Waals surface area contributed by atoms with E-state index in [1.54, 1.807) is 26.5 Å². The van der Waals surface area contributed by atoms with Crippen LogP contribution < -0.4 is 14.5 Å². The molecule has 7 rings (SSSR count). The average Bonchev–Trinajstić information content (AvgIpc) is 3.41. The summed E-state index contributed by atoms with van der Waals surface area (Å²) in [6.45, 7) is 6.87. The maximum absolute atomic E-state index is 15.1. The first-order valence-corrected chi connectivity index (χ1v) is 17.6. The lowest BCUT2D eigenvalue weighted by Gasteiger charge is -2.39. The molecule has 2 saturated heterocycles. The van der Waals surface area contributed by atoms with E-state index in [1.165, 1.54) is 0 Å². The quantitative estimate of drug-likeness (QED) is 0.337. The van der Waals surface area contributed by atoms with Crippen LogP contribution in [-0.4, -0.2) is 76.1 Å². The van der Waals surface area contributed by atoms with Crippen molar-refractivity contribution in [3.8, 4) is 5.75 Å². The van der Waals surface area contributed by atoms with Gasteiger partial charge in [-0.2, -0.15) is 0 Å². The number of hydrogen-bond acceptors (Lipinski definition) is 6. The molecule has 248 valence electrons. The summed E-state index contributed by atoms with van der Waals surface area (Å²) < 4.78 is 4.63. The number of aryl methyl sites for hydroxylation is 2. The van der Waals surface area contributed by atoms with Gasteiger partial charge in [0.05, 0.1) is 35.8 Å². The highest BCUT2D eigenvalue weighted by atomic mass is 32.2. The van der Waals surface area contributed by atoms with Gasteiger partial charge in [-0.3, -0.25) is 14.4 Å². The standard InChI is InChI=1S/C39H41N3O5S/c1-4-47-30-18-16-28(17-19-30)40-21-9-15-31-32(36(40)44)33-37(45)42(29(24-43)23-27-13-6-5-7-14-27)35-38(46)41(22-10-20-39(33,35)48-31)34-25(2)11-8-12-26(34)3/h5-20,29,31-33,35,43H,4,21-24H2,1-3H3/t29-,31-,32+,33+,35?,39+/m1/s1. The Kier molecular flexibility index (Phi) is 8.68. The van der Waals surface area contributed by atoms with Crippen LogP contribution in [0.3, 0.4) is 0 Å². The lowest BCUT2D eigenvalue weighted by atomic mass is 9.78. The van der Waals surface area contributed by atoms with E-state index in [2.05, 4.69) is 0 Å². The number of fused-ring (bicyclic) bond motifs is 2. The van der Waals surface area contributed by atoms with Gasteiger partial charge in [-0.15, -0.1) is 11.8 Å². The number of likely N-dealkylation sites (tertiary alicyclic amines) is 1. The van der Waals surface area contributed by atoms with Crippen molar-refractivity contribution < 1.29 is 24.2 Å². The number of carbonyl (C=O) groups is 3. The topological polar surface area (TPSA) is 90.4 Å². The molecule has 6 atom stereocenters. The number of rotatable bonds is 8. The van der Waals surface area contributed by atoms with Crippen LogP contribution in [0.4, 0.5) is 11.4 Å². The number of benzene rings is 3. The van der Waals surface area contributed by atoms with Crippen molar-refractivity contribution in [2.75, 3.05) is 36.1 Å². The van der Waals surface area contributed by atoms with Crippen LogP contribution in [0.15, 0.2) is 97.1 Å². The molecule has 4 aliphatic heterocycles. The summed E-state index contributed by atoms with van der Waals surface area (Å²) in [5.41, 5.74) is 4.45. The lowest BCUT2D eigenvalue weighted by molar-refractivity contribution is -0.141. The number of anilines is 2. The smallest absolute Gasteiger partial charge is 0.251 e. The van der Waals surface area contributed by atoms with E-state index in [4.69, 9.17) is 4.74 Å². The zero-order valence-electron chi connectivity index (χ0n) is 27.5. The first kappa shape index (κ1) is 32.2. The van der Waals surface area contributed by atoms with Gasteiger partial charge in [0.2, 0.25) is 11.8 Å². The molecule has 4 aliphatic rings. The number of aliphatic hydroxyl groups excluding tert-OH is 1. The summed E-state index contributed by atoms with van der Waals surface area (Å²) in [6.07, 6.45) is 8.45. The van der Waals surface area contributed by atoms with Crippen molar-refractivity contribution in [1.82, 2.24) is 4.90 Å². The molecule has 2 fully saturated rings. The molecule has 9 heteroatoms. The molecule has 3 aromatic rings. The maximum atomic E-state index is 15.1. The number of para-hydroxylation sites is 1. The second-order valence-electron chi connectivity index (χ2n) is 13.0. The van der Waals surface area contributed by atoms with Gasteiger partial charge in [-0.1, -0.05) is 72.8 Å². The number of aliphatic hydroxyl groups is 1. The van der Waals surface area contributed by atoms with Crippen LogP contribution in [0.2, 0.25) is 0 Å². The van der Waals surface area contributed by atoms with Crippen LogP contribution in [0.5, 0.6) is 5.75 Å². The Balaban J connectivity index is 1.33. The fourth-order valence-electron chi connectivity index (χ4n) is 8.16. The molecule has 4 heterocycles. The first-order valence-electron chi connectivity index (χ1n) is 16.7. The third-order valence-electron chi connectivity index (χ3n) is 10.2. The molecule has 3 amide bonds. The van der Waals surface area contributed by atoms with Crippen LogP contribution >= 0.6 is 11.8 Å². The van der Waals surface area contributed by atoms with Gasteiger partial charge in [-0.25, -0.2) is 0 Å². The summed E-state index contributed by atoms with van der Waals surface area (Å²) >= 11 is 1.55. The highest BCUT2D eigenvalue weighted by Crippen LogP contribution is 2.61. The van der Waals surface area contributed by atoms with Crippen molar-refractivity contribution in [3.05, 3.63) is 114 Å². The minimum Gasteiger partial charge on any atom is -0.494 e. The minimum absolute atomic E-state index is 0.141. The number of nitrogens with zero attached hydrogens (tertiary/aromatic N) is 3. The van der Waals surface area contributed by atoms with Gasteiger partial charge in [0.15, 0.2) is 0 Å². The Morgan fingerprint density at radius 2 is 1.58 bits per heavy atom. The summed E-state index contributed by atoms with van der Waals surface area (Å²) in [5.74, 6) is -1.35. The molecule has 0 saturated carbocycles. The predicted octanol–water partition coefficient (Wildman–Crippen LogP) is 5.11. The number of carbonyl (C=O) groups excluding carboxylic acids is 3. The van der Waals surface area contributed by atoms with Crippen LogP contribution in [-0.2, 0) is 20.8 Å². The van der Waals surface area contributed by atoms with Gasteiger partial charge in [0, 0.05) is 29.7 Å². The van der Waals surface area contributed by atoms with Crippen molar-refractivity contribution >= 4 is 40.9 Å². The molecule has 48 heavy (non-hydrogen) atoms. The maximum Gasteiger partial charge on any atom is 0.251 e. The third kappa shape index (κ3) is 5.24. The van der Waals surface area contributed by atoms with Gasteiger partial charge >= 0.3 is 0 Å². The predicted molar refractivity (Wildman–Crippen MR) is 189 cm³/mol. The number of ether oxygens (including phenoxy) is 1. The molecular weight excluding hydrogens is 623 g/mol. The van der Waals surface area contributed by atoms with Gasteiger partial charge in [-0.05, 0) is 68.1 Å². The van der Waals surface area contributed by atoms with E-state index in [0.29, 0.717) is 26.1 Å². The second kappa shape index (κ2) is 12.9. The van der Waals surface area contributed by atoms with Gasteiger partial charge < -0.3 is 24.5 Å². The van der Waals surface area contributed by atoms with Crippen LogP contribution in [0.1, 0.15) is 23.6 Å². The van der Waals surface area contributed by atoms with E-state index in [1.807, 2.05) is 118 Å². The Morgan fingerprint density at radius 3 is 2.27 bits per heavy atom. The molecule has 0 aliphatic carbocycles. The van der Waals surface area contributed by atoms with Crippen LogP contribution in [0.25, 0.3) is 0 Å². The summed E-state index contributed by atoms with van der Waals surface area (Å²) in [4.78, 5) is 50.0. The molecular formula is C39H41N3O5S. The summed E-state index contributed by atoms with van der Waals surface area (Å²) in [5, 5.41) is 10.6.